The third kappa shape index (κ3) is 4.75. The number of pyridine rings is 2. The highest BCUT2D eigenvalue weighted by Gasteiger charge is 2.14. The number of phenolic OH excluding ortho intramolecular Hbond substituents is 2. The Morgan fingerprint density at radius 1 is 0.667 bits per heavy atom. The molecule has 2 heterocycles. The largest absolute Gasteiger partial charge is 1.00 e. The second kappa shape index (κ2) is 9.89. The number of para-hydroxylation sites is 2. The maximum Gasteiger partial charge on any atom is 0.198 e. The Balaban J connectivity index is 0.00000169. The summed E-state index contributed by atoms with van der Waals surface area (Å²) < 4.78 is 0. The molecule has 0 aliphatic rings. The second-order valence-corrected chi connectivity index (χ2v) is 5.63. The first-order chi connectivity index (χ1) is 11.2. The molecule has 8 heteroatoms. The minimum atomic E-state index is 0. The zero-order chi connectivity index (χ0) is 15.8. The van der Waals surface area contributed by atoms with Gasteiger partial charge in [-0.15, -0.1) is 0 Å². The van der Waals surface area contributed by atoms with Gasteiger partial charge in [0, 0.05) is 0 Å². The summed E-state index contributed by atoms with van der Waals surface area (Å²) in [5, 5.41) is 21.9. The van der Waals surface area contributed by atoms with Gasteiger partial charge >= 0.3 is 0 Å². The van der Waals surface area contributed by atoms with E-state index < -0.39 is 0 Å². The van der Waals surface area contributed by atoms with Gasteiger partial charge in [-0.05, 0) is 24.3 Å². The number of phenols is 2. The second-order valence-electron chi connectivity index (χ2n) is 5.63. The Labute approximate surface area is 168 Å². The molecule has 2 aromatic heterocycles. The van der Waals surface area contributed by atoms with Crippen LogP contribution < -0.4 is 24.8 Å². The third-order valence-electron chi connectivity index (χ3n) is 4.03. The molecule has 0 fully saturated rings. The molecule has 0 aliphatic heterocycles. The molecule has 0 unspecified atom stereocenters. The van der Waals surface area contributed by atoms with Gasteiger partial charge in [0.05, 0.1) is 24.3 Å². The summed E-state index contributed by atoms with van der Waals surface area (Å²) in [6.07, 6.45) is 0.647. The van der Waals surface area contributed by atoms with Crippen molar-refractivity contribution in [3.63, 3.8) is 0 Å². The molecule has 0 bridgehead atoms. The number of H-pyrrole nitrogens is 2. The Kier molecular flexibility index (Phi) is 8.93. The first kappa shape index (κ1) is 24.4. The molecule has 27 heavy (non-hydrogen) atoms. The highest BCUT2D eigenvalue weighted by molar-refractivity contribution is 5.85. The van der Waals surface area contributed by atoms with Crippen molar-refractivity contribution >= 4 is 21.8 Å². The fraction of sp³-hybridized carbons (Fsp3) is 0.0526. The normalized spacial score (nSPS) is 9.48. The van der Waals surface area contributed by atoms with Crippen molar-refractivity contribution in [3.05, 3.63) is 72.1 Å². The molecule has 0 saturated heterocycles. The molecule has 0 aliphatic carbocycles. The van der Waals surface area contributed by atoms with E-state index in [2.05, 4.69) is 9.97 Å². The van der Waals surface area contributed by atoms with Gasteiger partial charge in [-0.2, -0.15) is 0 Å². The molecule has 0 radical (unpaired) electrons. The molecule has 6 nitrogen and oxygen atoms in total. The van der Waals surface area contributed by atoms with Crippen LogP contribution in [0.15, 0.2) is 60.7 Å². The summed E-state index contributed by atoms with van der Waals surface area (Å²) in [7, 11) is 0. The molecule has 0 saturated carbocycles. The van der Waals surface area contributed by atoms with E-state index in [1.54, 1.807) is 12.1 Å². The smallest absolute Gasteiger partial charge is 0.198 e. The van der Waals surface area contributed by atoms with Crippen LogP contribution in [0.2, 0.25) is 0 Å². The molecule has 0 spiro atoms. The van der Waals surface area contributed by atoms with E-state index in [-0.39, 0.29) is 47.3 Å². The van der Waals surface area contributed by atoms with E-state index in [0.29, 0.717) is 6.42 Å². The monoisotopic (exact) mass is 410 g/mol. The molecule has 2 aromatic carbocycles. The maximum atomic E-state index is 9.97. The van der Waals surface area contributed by atoms with Crippen LogP contribution in [0.4, 0.5) is 0 Å². The zero-order valence-corrected chi connectivity index (χ0v) is 15.6. The summed E-state index contributed by atoms with van der Waals surface area (Å²) in [5.41, 5.74) is 3.41. The number of rotatable bonds is 2. The summed E-state index contributed by atoms with van der Waals surface area (Å²) in [6, 6.07) is 18.9. The van der Waals surface area contributed by atoms with Crippen molar-refractivity contribution in [1.29, 1.82) is 0 Å². The van der Waals surface area contributed by atoms with Crippen LogP contribution in [0.3, 0.4) is 0 Å². The molecule has 0 atom stereocenters. The number of fused-ring (bicyclic) bond motifs is 2. The predicted molar refractivity (Wildman–Crippen MR) is 98.8 cm³/mol. The fourth-order valence-corrected chi connectivity index (χ4v) is 2.86. The Hall–Kier alpha value is -2.64. The van der Waals surface area contributed by atoms with E-state index in [0.717, 1.165) is 33.2 Å². The van der Waals surface area contributed by atoms with Crippen LogP contribution in [0.1, 0.15) is 11.4 Å². The summed E-state index contributed by atoms with van der Waals surface area (Å²) in [4.78, 5) is 6.55. The lowest BCUT2D eigenvalue weighted by Gasteiger charge is -1.99. The number of aromatic amines is 2. The van der Waals surface area contributed by atoms with E-state index in [1.807, 2.05) is 48.5 Å². The average molecular weight is 411 g/mol. The summed E-state index contributed by atoms with van der Waals surface area (Å²) in [6.45, 7) is 0. The van der Waals surface area contributed by atoms with Crippen molar-refractivity contribution in [1.82, 2.24) is 9.97 Å². The highest BCUT2D eigenvalue weighted by Crippen LogP contribution is 2.25. The molecule has 144 valence electrons. The topological polar surface area (TPSA) is 135 Å². The first-order valence-corrected chi connectivity index (χ1v) is 7.46. The quantitative estimate of drug-likeness (QED) is 0.256. The lowest BCUT2D eigenvalue weighted by atomic mass is 10.1. The molecular formula is C19H20Cl2N2O4. The van der Waals surface area contributed by atoms with Crippen LogP contribution in [-0.2, 0) is 6.42 Å². The van der Waals surface area contributed by atoms with E-state index in [1.165, 1.54) is 0 Å². The molecule has 4 aromatic rings. The number of aromatic hydroxyl groups is 2. The molecule has 0 amide bonds. The Morgan fingerprint density at radius 3 is 1.48 bits per heavy atom. The fourth-order valence-electron chi connectivity index (χ4n) is 2.86. The van der Waals surface area contributed by atoms with Crippen molar-refractivity contribution in [2.75, 3.05) is 0 Å². The molecule has 4 rings (SSSR count). The van der Waals surface area contributed by atoms with Crippen molar-refractivity contribution < 1.29 is 46.0 Å². The van der Waals surface area contributed by atoms with Gasteiger partial charge in [-0.3, -0.25) is 0 Å². The number of hydrogen-bond donors (Lipinski definition) is 4. The van der Waals surface area contributed by atoms with Gasteiger partial charge in [0.2, 0.25) is 0 Å². The van der Waals surface area contributed by atoms with Gasteiger partial charge in [0.25, 0.3) is 0 Å². The van der Waals surface area contributed by atoms with Crippen molar-refractivity contribution in [2.45, 2.75) is 6.42 Å². The highest BCUT2D eigenvalue weighted by atomic mass is 35.5. The van der Waals surface area contributed by atoms with Crippen molar-refractivity contribution in [2.24, 2.45) is 0 Å². The summed E-state index contributed by atoms with van der Waals surface area (Å²) in [5.74, 6) is 0.481. The number of halogens is 2. The van der Waals surface area contributed by atoms with Crippen LogP contribution >= 0.6 is 0 Å². The third-order valence-corrected chi connectivity index (χ3v) is 4.03. The standard InChI is InChI=1S/C19H14N2O2.2ClH.2H2O/c22-16-5-1-3-12-7-9-14(20-18(12)16)11-15-10-8-13-4-2-6-17(23)19(13)21-15;;;;/h1-10,20-21H,11H2;2*1H;2*1H2. The minimum Gasteiger partial charge on any atom is -1.00 e. The maximum absolute atomic E-state index is 9.97. The van der Waals surface area contributed by atoms with Crippen LogP contribution in [0.25, 0.3) is 21.8 Å². The van der Waals surface area contributed by atoms with Gasteiger partial charge in [0.1, 0.15) is 28.6 Å². The zero-order valence-electron chi connectivity index (χ0n) is 14.1. The lowest BCUT2D eigenvalue weighted by Crippen LogP contribution is -3.00. The van der Waals surface area contributed by atoms with Gasteiger partial charge in [-0.25, -0.2) is 9.97 Å². The predicted octanol–water partition coefficient (Wildman–Crippen LogP) is -3.43. The van der Waals surface area contributed by atoms with Crippen LogP contribution in [0.5, 0.6) is 11.5 Å². The number of benzene rings is 2. The van der Waals surface area contributed by atoms with Gasteiger partial charge in [0.15, 0.2) is 22.5 Å². The number of nitrogens with one attached hydrogen (secondary N) is 2. The van der Waals surface area contributed by atoms with Crippen LogP contribution in [-0.4, -0.2) is 31.1 Å². The molecular weight excluding hydrogens is 391 g/mol. The van der Waals surface area contributed by atoms with Crippen molar-refractivity contribution in [3.8, 4) is 11.5 Å². The van der Waals surface area contributed by atoms with Gasteiger partial charge < -0.3 is 46.0 Å². The van der Waals surface area contributed by atoms with E-state index in [9.17, 15) is 10.2 Å². The van der Waals surface area contributed by atoms with Crippen LogP contribution in [0, 0.1) is 0 Å². The van der Waals surface area contributed by atoms with E-state index >= 15 is 0 Å². The Morgan fingerprint density at radius 2 is 1.07 bits per heavy atom. The average Bonchev–Trinajstić information content (AvgIpc) is 2.56. The van der Waals surface area contributed by atoms with E-state index in [4.69, 9.17) is 0 Å². The van der Waals surface area contributed by atoms with Gasteiger partial charge in [-0.1, -0.05) is 12.1 Å². The number of hydrogen-bond acceptors (Lipinski definition) is 2. The minimum absolute atomic E-state index is 0. The molecule has 8 N–H and O–H groups in total. The summed E-state index contributed by atoms with van der Waals surface area (Å²) >= 11 is 0. The number of aromatic nitrogens is 2. The Bertz CT molecular complexity index is 961. The first-order valence-electron chi connectivity index (χ1n) is 7.46. The lowest BCUT2D eigenvalue weighted by molar-refractivity contribution is -0.001000. The SMILES string of the molecule is O.O.Oc1cccc2cc[c+](C[c+]3ccc4cccc(O)c4[nH]3)[nH]c12.[Cl-].[Cl-].